The summed E-state index contributed by atoms with van der Waals surface area (Å²) in [5, 5.41) is 10.5. The molecule has 4 aromatic carbocycles. The van der Waals surface area contributed by atoms with Crippen molar-refractivity contribution in [1.82, 2.24) is 10.9 Å². The van der Waals surface area contributed by atoms with Crippen LogP contribution in [0, 0.1) is 0 Å². The number of nitrogens with one attached hydrogen (secondary N) is 2. The fraction of sp³-hybridized carbons (Fsp3) is 0. The fourth-order valence-electron chi connectivity index (χ4n) is 3.25. The average molecular weight is 717 g/mol. The predicted octanol–water partition coefficient (Wildman–Crippen LogP) is 9.93. The molecule has 14 heteroatoms. The molecular formula is C28H16Cl6N4O2S2. The van der Waals surface area contributed by atoms with E-state index in [0.29, 0.717) is 51.1 Å². The van der Waals surface area contributed by atoms with E-state index < -0.39 is 11.8 Å². The fourth-order valence-corrected chi connectivity index (χ4v) is 6.83. The molecule has 0 aliphatic carbocycles. The number of hydrogen-bond acceptors (Lipinski definition) is 6. The van der Waals surface area contributed by atoms with Crippen molar-refractivity contribution >= 4 is 115 Å². The Morgan fingerprint density at radius 2 is 0.905 bits per heavy atom. The van der Waals surface area contributed by atoms with Crippen LogP contribution in [0.4, 0.5) is 0 Å². The van der Waals surface area contributed by atoms with Crippen LogP contribution in [0.3, 0.4) is 0 Å². The largest absolute Gasteiger partial charge is 0.272 e. The smallest absolute Gasteiger partial charge is 0.267 e. The molecule has 0 aliphatic heterocycles. The summed E-state index contributed by atoms with van der Waals surface area (Å²) in [6, 6.07) is 19.6. The average Bonchev–Trinajstić information content (AvgIpc) is 2.95. The van der Waals surface area contributed by atoms with Gasteiger partial charge < -0.3 is 0 Å². The lowest BCUT2D eigenvalue weighted by atomic mass is 10.2. The Morgan fingerprint density at radius 1 is 0.548 bits per heavy atom. The van der Waals surface area contributed by atoms with Gasteiger partial charge in [0.1, 0.15) is 0 Å². The van der Waals surface area contributed by atoms with Gasteiger partial charge in [-0.2, -0.15) is 10.2 Å². The van der Waals surface area contributed by atoms with Crippen LogP contribution in [-0.2, 0) is 0 Å². The second kappa shape index (κ2) is 15.4. The van der Waals surface area contributed by atoms with E-state index in [1.807, 2.05) is 0 Å². The Morgan fingerprint density at radius 3 is 1.29 bits per heavy atom. The molecule has 0 aliphatic rings. The maximum absolute atomic E-state index is 13.0. The third-order valence-electron chi connectivity index (χ3n) is 5.26. The molecule has 2 amide bonds. The lowest BCUT2D eigenvalue weighted by Crippen LogP contribution is -2.19. The second-order valence-electron chi connectivity index (χ2n) is 8.18. The zero-order valence-electron chi connectivity index (χ0n) is 20.9. The van der Waals surface area contributed by atoms with Crippen molar-refractivity contribution in [2.45, 2.75) is 9.79 Å². The molecule has 0 saturated carbocycles. The van der Waals surface area contributed by atoms with E-state index in [4.69, 9.17) is 69.6 Å². The quantitative estimate of drug-likeness (QED) is 0.103. The molecule has 0 bridgehead atoms. The summed E-state index contributed by atoms with van der Waals surface area (Å²) in [5.41, 5.74) is 6.67. The molecule has 4 rings (SSSR count). The minimum atomic E-state index is -0.494. The van der Waals surface area contributed by atoms with E-state index >= 15 is 0 Å². The Balaban J connectivity index is 1.47. The third-order valence-corrected chi connectivity index (χ3v) is 9.33. The van der Waals surface area contributed by atoms with Crippen LogP contribution in [0.2, 0.25) is 30.1 Å². The maximum atomic E-state index is 13.0. The highest BCUT2D eigenvalue weighted by Gasteiger charge is 2.17. The molecule has 2 N–H and O–H groups in total. The first-order valence-corrected chi connectivity index (χ1v) is 16.0. The highest BCUT2D eigenvalue weighted by molar-refractivity contribution is 8.76. The SMILES string of the molecule is O=C(N/N=C/c1ccc(Cl)cc1Cl)c1cc(Cl)ccc1SSc1ccc(Cl)cc1C(=O)N/N=C/c1ccc(Cl)cc1Cl. The van der Waals surface area contributed by atoms with E-state index in [0.717, 1.165) is 0 Å². The lowest BCUT2D eigenvalue weighted by Gasteiger charge is -2.11. The number of carbonyl (C=O) groups excluding carboxylic acids is 2. The monoisotopic (exact) mass is 714 g/mol. The zero-order chi connectivity index (χ0) is 30.2. The first kappa shape index (κ1) is 32.5. The van der Waals surface area contributed by atoms with Crippen molar-refractivity contribution in [1.29, 1.82) is 0 Å². The number of hydrogen-bond donors (Lipinski definition) is 2. The predicted molar refractivity (Wildman–Crippen MR) is 178 cm³/mol. The van der Waals surface area contributed by atoms with Crippen LogP contribution in [0.5, 0.6) is 0 Å². The van der Waals surface area contributed by atoms with Gasteiger partial charge in [-0.25, -0.2) is 10.9 Å². The first-order chi connectivity index (χ1) is 20.1. The van der Waals surface area contributed by atoms with Crippen molar-refractivity contribution in [3.05, 3.63) is 125 Å². The molecule has 0 atom stereocenters. The summed E-state index contributed by atoms with van der Waals surface area (Å²) >= 11 is 36.5. The number of carbonyl (C=O) groups is 2. The highest BCUT2D eigenvalue weighted by Crippen LogP contribution is 2.41. The van der Waals surface area contributed by atoms with Crippen molar-refractivity contribution in [2.24, 2.45) is 10.2 Å². The van der Waals surface area contributed by atoms with Crippen LogP contribution in [-0.4, -0.2) is 24.2 Å². The summed E-state index contributed by atoms with van der Waals surface area (Å²) in [6.45, 7) is 0. The molecule has 0 fully saturated rings. The minimum absolute atomic E-state index is 0.281. The molecule has 6 nitrogen and oxygen atoms in total. The van der Waals surface area contributed by atoms with Crippen LogP contribution in [0.15, 0.2) is 92.8 Å². The number of rotatable bonds is 9. The zero-order valence-corrected chi connectivity index (χ0v) is 27.0. The Hall–Kier alpha value is -2.40. The van der Waals surface area contributed by atoms with Gasteiger partial charge in [-0.1, -0.05) is 103 Å². The number of benzene rings is 4. The number of halogens is 6. The van der Waals surface area contributed by atoms with Gasteiger partial charge in [-0.15, -0.1) is 0 Å². The van der Waals surface area contributed by atoms with Crippen molar-refractivity contribution in [3.8, 4) is 0 Å². The van der Waals surface area contributed by atoms with Gasteiger partial charge in [-0.05, 0) is 60.7 Å². The van der Waals surface area contributed by atoms with E-state index in [9.17, 15) is 9.59 Å². The standard InChI is InChI=1S/C28H16Cl6N4O2S2/c29-17-5-7-25(21(9-17)27(39)37-35-13-15-1-3-19(31)11-23(15)33)41-42-26-8-6-18(30)10-22(26)28(40)38-36-14-16-2-4-20(32)12-24(16)34/h1-14H,(H,37,39)(H,38,40)/b35-13+,36-14+. The van der Waals surface area contributed by atoms with Crippen molar-refractivity contribution in [2.75, 3.05) is 0 Å². The van der Waals surface area contributed by atoms with E-state index in [1.54, 1.807) is 60.7 Å². The second-order valence-corrected chi connectivity index (χ2v) is 13.0. The maximum Gasteiger partial charge on any atom is 0.272 e. The topological polar surface area (TPSA) is 82.9 Å². The van der Waals surface area contributed by atoms with Crippen molar-refractivity contribution in [3.63, 3.8) is 0 Å². The van der Waals surface area contributed by atoms with Gasteiger partial charge in [0.15, 0.2) is 0 Å². The normalized spacial score (nSPS) is 11.3. The molecule has 0 aromatic heterocycles. The Kier molecular flexibility index (Phi) is 11.9. The van der Waals surface area contributed by atoms with Gasteiger partial charge >= 0.3 is 0 Å². The summed E-state index contributed by atoms with van der Waals surface area (Å²) in [4.78, 5) is 27.1. The van der Waals surface area contributed by atoms with Gasteiger partial charge in [0, 0.05) is 41.0 Å². The van der Waals surface area contributed by atoms with Gasteiger partial charge in [0.2, 0.25) is 0 Å². The van der Waals surface area contributed by atoms with Crippen LogP contribution in [0.1, 0.15) is 31.8 Å². The number of amides is 2. The molecule has 0 unspecified atom stereocenters. The molecular weight excluding hydrogens is 701 g/mol. The summed E-state index contributed by atoms with van der Waals surface area (Å²) in [7, 11) is 2.50. The van der Waals surface area contributed by atoms with Gasteiger partial charge in [-0.3, -0.25) is 9.59 Å². The summed E-state index contributed by atoms with van der Waals surface area (Å²) < 4.78 is 0. The number of nitrogens with zero attached hydrogens (tertiary/aromatic N) is 2. The number of hydrazone groups is 2. The minimum Gasteiger partial charge on any atom is -0.267 e. The Labute approximate surface area is 279 Å². The van der Waals surface area contributed by atoms with Crippen molar-refractivity contribution < 1.29 is 9.59 Å². The molecule has 4 aromatic rings. The highest BCUT2D eigenvalue weighted by atomic mass is 35.5. The van der Waals surface area contributed by atoms with E-state index in [-0.39, 0.29) is 11.1 Å². The van der Waals surface area contributed by atoms with E-state index in [1.165, 1.54) is 46.1 Å². The Bertz CT molecular complexity index is 1590. The van der Waals surface area contributed by atoms with E-state index in [2.05, 4.69) is 21.1 Å². The molecule has 0 saturated heterocycles. The van der Waals surface area contributed by atoms with Gasteiger partial charge in [0.25, 0.3) is 11.8 Å². The first-order valence-electron chi connectivity index (χ1n) is 11.6. The molecule has 0 heterocycles. The third kappa shape index (κ3) is 9.05. The molecule has 214 valence electrons. The van der Waals surface area contributed by atoms with Crippen LogP contribution < -0.4 is 10.9 Å². The van der Waals surface area contributed by atoms with Gasteiger partial charge in [0.05, 0.1) is 33.6 Å². The summed E-state index contributed by atoms with van der Waals surface area (Å²) in [6.07, 6.45) is 2.81. The van der Waals surface area contributed by atoms with Crippen LogP contribution in [0.25, 0.3) is 0 Å². The molecule has 0 spiro atoms. The lowest BCUT2D eigenvalue weighted by molar-refractivity contribution is 0.0944. The summed E-state index contributed by atoms with van der Waals surface area (Å²) in [5.74, 6) is -0.989. The molecule has 42 heavy (non-hydrogen) atoms. The molecule has 0 radical (unpaired) electrons. The van der Waals surface area contributed by atoms with Crippen LogP contribution >= 0.6 is 91.2 Å².